The summed E-state index contributed by atoms with van der Waals surface area (Å²) in [7, 11) is 0. The maximum absolute atomic E-state index is 11.4. The lowest BCUT2D eigenvalue weighted by Crippen LogP contribution is -2.31. The number of hydrogen-bond acceptors (Lipinski definition) is 3. The zero-order valence-electron chi connectivity index (χ0n) is 13.4. The predicted octanol–water partition coefficient (Wildman–Crippen LogP) is 3.37. The van der Waals surface area contributed by atoms with Gasteiger partial charge in [0.15, 0.2) is 0 Å². The first-order chi connectivity index (χ1) is 11.7. The van der Waals surface area contributed by atoms with E-state index in [0.29, 0.717) is 6.61 Å². The lowest BCUT2D eigenvalue weighted by molar-refractivity contribution is -0.147. The minimum atomic E-state index is -1.05. The van der Waals surface area contributed by atoms with Gasteiger partial charge in [-0.15, -0.1) is 0 Å². The van der Waals surface area contributed by atoms with Gasteiger partial charge in [0.05, 0.1) is 25.2 Å². The number of benzene rings is 2. The number of hydrogen-bond donors (Lipinski definition) is 2. The Morgan fingerprint density at radius 3 is 2.29 bits per heavy atom. The summed E-state index contributed by atoms with van der Waals surface area (Å²) >= 11 is 0. The Morgan fingerprint density at radius 1 is 1.04 bits per heavy atom. The van der Waals surface area contributed by atoms with Gasteiger partial charge in [-0.1, -0.05) is 72.8 Å². The van der Waals surface area contributed by atoms with Crippen LogP contribution < -0.4 is 0 Å². The topological polar surface area (TPSA) is 66.8 Å². The molecule has 0 saturated carbocycles. The van der Waals surface area contributed by atoms with Crippen molar-refractivity contribution in [2.24, 2.45) is 5.92 Å². The fourth-order valence-electron chi connectivity index (χ4n) is 2.33. The van der Waals surface area contributed by atoms with E-state index in [0.717, 1.165) is 11.1 Å². The number of aliphatic hydroxyl groups is 1. The molecule has 0 saturated heterocycles. The summed E-state index contributed by atoms with van der Waals surface area (Å²) in [5.74, 6) is -1.91. The molecule has 24 heavy (non-hydrogen) atoms. The van der Waals surface area contributed by atoms with Crippen LogP contribution in [0.3, 0.4) is 0 Å². The van der Waals surface area contributed by atoms with E-state index in [1.807, 2.05) is 66.7 Å². The van der Waals surface area contributed by atoms with Crippen molar-refractivity contribution >= 4 is 12.0 Å². The first-order valence-corrected chi connectivity index (χ1v) is 7.91. The van der Waals surface area contributed by atoms with Gasteiger partial charge < -0.3 is 14.9 Å². The first kappa shape index (κ1) is 17.9. The SMILES string of the molecule is O=C(O)C(C/C=C/c1ccccc1)C(O)COCc1ccccc1. The third kappa shape index (κ3) is 5.99. The summed E-state index contributed by atoms with van der Waals surface area (Å²) in [6.45, 7) is 0.342. The number of carboxylic acid groups (broad SMARTS) is 1. The van der Waals surface area contributed by atoms with Crippen LogP contribution in [0.2, 0.25) is 0 Å². The molecule has 4 nitrogen and oxygen atoms in total. The number of ether oxygens (including phenoxy) is 1. The average molecular weight is 326 g/mol. The van der Waals surface area contributed by atoms with Gasteiger partial charge in [-0.25, -0.2) is 0 Å². The molecular formula is C20H22O4. The van der Waals surface area contributed by atoms with E-state index in [9.17, 15) is 15.0 Å². The van der Waals surface area contributed by atoms with Crippen molar-refractivity contribution in [1.82, 2.24) is 0 Å². The number of carboxylic acids is 1. The van der Waals surface area contributed by atoms with Crippen molar-refractivity contribution in [2.45, 2.75) is 19.1 Å². The fraction of sp³-hybridized carbons (Fsp3) is 0.250. The number of carbonyl (C=O) groups is 1. The standard InChI is InChI=1S/C20H22O4/c21-19(15-24-14-17-10-5-2-6-11-17)18(20(22)23)13-7-12-16-8-3-1-4-9-16/h1-12,18-19,21H,13-15H2,(H,22,23)/b12-7+. The largest absolute Gasteiger partial charge is 0.481 e. The molecule has 0 fully saturated rings. The van der Waals surface area contributed by atoms with Gasteiger partial charge >= 0.3 is 5.97 Å². The number of allylic oxidation sites excluding steroid dienone is 1. The first-order valence-electron chi connectivity index (χ1n) is 7.91. The summed E-state index contributed by atoms with van der Waals surface area (Å²) in [6, 6.07) is 19.2. The summed E-state index contributed by atoms with van der Waals surface area (Å²) in [5.41, 5.74) is 1.98. The minimum absolute atomic E-state index is 0.00889. The van der Waals surface area contributed by atoms with Crippen LogP contribution in [0.25, 0.3) is 6.08 Å². The lowest BCUT2D eigenvalue weighted by Gasteiger charge is -2.18. The molecule has 2 unspecified atom stereocenters. The molecule has 0 aromatic heterocycles. The summed E-state index contributed by atoms with van der Waals surface area (Å²) < 4.78 is 5.44. The predicted molar refractivity (Wildman–Crippen MR) is 93.3 cm³/mol. The van der Waals surface area contributed by atoms with Crippen molar-refractivity contribution in [1.29, 1.82) is 0 Å². The molecule has 4 heteroatoms. The summed E-state index contributed by atoms with van der Waals surface area (Å²) in [4.78, 5) is 11.4. The van der Waals surface area contributed by atoms with Gasteiger partial charge in [0.2, 0.25) is 0 Å². The van der Waals surface area contributed by atoms with Crippen molar-refractivity contribution < 1.29 is 19.7 Å². The Balaban J connectivity index is 1.82. The molecule has 0 aliphatic carbocycles. The molecule has 126 valence electrons. The quantitative estimate of drug-likeness (QED) is 0.741. The third-order valence-corrected chi connectivity index (χ3v) is 3.68. The van der Waals surface area contributed by atoms with Gasteiger partial charge in [0.1, 0.15) is 0 Å². The van der Waals surface area contributed by atoms with E-state index in [4.69, 9.17) is 4.74 Å². The Bertz CT molecular complexity index is 637. The zero-order valence-corrected chi connectivity index (χ0v) is 13.4. The van der Waals surface area contributed by atoms with Crippen LogP contribution in [0, 0.1) is 5.92 Å². The zero-order chi connectivity index (χ0) is 17.2. The molecule has 0 amide bonds. The van der Waals surface area contributed by atoms with Gasteiger partial charge in [-0.05, 0) is 17.5 Å². The molecule has 0 bridgehead atoms. The highest BCUT2D eigenvalue weighted by Crippen LogP contribution is 2.14. The molecule has 2 aromatic rings. The van der Waals surface area contributed by atoms with E-state index in [-0.39, 0.29) is 13.0 Å². The van der Waals surface area contributed by atoms with Crippen molar-refractivity contribution in [3.05, 3.63) is 77.9 Å². The molecular weight excluding hydrogens is 304 g/mol. The van der Waals surface area contributed by atoms with Gasteiger partial charge in [0, 0.05) is 0 Å². The monoisotopic (exact) mass is 326 g/mol. The van der Waals surface area contributed by atoms with Crippen LogP contribution in [0.15, 0.2) is 66.7 Å². The van der Waals surface area contributed by atoms with Crippen molar-refractivity contribution in [2.75, 3.05) is 6.61 Å². The lowest BCUT2D eigenvalue weighted by atomic mass is 9.98. The average Bonchev–Trinajstić information content (AvgIpc) is 2.60. The van der Waals surface area contributed by atoms with E-state index in [1.54, 1.807) is 6.08 Å². The molecule has 0 heterocycles. The number of aliphatic carboxylic acids is 1. The second-order valence-electron chi connectivity index (χ2n) is 5.56. The molecule has 2 atom stereocenters. The molecule has 2 aromatic carbocycles. The van der Waals surface area contributed by atoms with Crippen LogP contribution in [0.1, 0.15) is 17.5 Å². The van der Waals surface area contributed by atoms with Gasteiger partial charge in [-0.3, -0.25) is 4.79 Å². The Labute approximate surface area is 142 Å². The second-order valence-corrected chi connectivity index (χ2v) is 5.56. The molecule has 0 aliphatic rings. The Morgan fingerprint density at radius 2 is 1.67 bits per heavy atom. The van der Waals surface area contributed by atoms with E-state index >= 15 is 0 Å². The third-order valence-electron chi connectivity index (χ3n) is 3.68. The second kappa shape index (κ2) is 9.65. The number of aliphatic hydroxyl groups excluding tert-OH is 1. The molecule has 0 aliphatic heterocycles. The maximum atomic E-state index is 11.4. The van der Waals surface area contributed by atoms with E-state index in [1.165, 1.54) is 0 Å². The van der Waals surface area contributed by atoms with E-state index < -0.39 is 18.0 Å². The maximum Gasteiger partial charge on any atom is 0.309 e. The van der Waals surface area contributed by atoms with Crippen molar-refractivity contribution in [3.8, 4) is 0 Å². The van der Waals surface area contributed by atoms with Crippen molar-refractivity contribution in [3.63, 3.8) is 0 Å². The van der Waals surface area contributed by atoms with Crippen LogP contribution in [-0.2, 0) is 16.1 Å². The van der Waals surface area contributed by atoms with E-state index in [2.05, 4.69) is 0 Å². The van der Waals surface area contributed by atoms with Gasteiger partial charge in [-0.2, -0.15) is 0 Å². The molecule has 2 rings (SSSR count). The minimum Gasteiger partial charge on any atom is -0.481 e. The van der Waals surface area contributed by atoms with Gasteiger partial charge in [0.25, 0.3) is 0 Å². The number of rotatable bonds is 9. The highest BCUT2D eigenvalue weighted by molar-refractivity contribution is 5.71. The van der Waals surface area contributed by atoms with Crippen LogP contribution in [-0.4, -0.2) is 28.9 Å². The Hall–Kier alpha value is -2.43. The summed E-state index contributed by atoms with van der Waals surface area (Å²) in [5, 5.41) is 19.4. The van der Waals surface area contributed by atoms with Crippen LogP contribution in [0.5, 0.6) is 0 Å². The molecule has 0 radical (unpaired) electrons. The molecule has 0 spiro atoms. The Kier molecular flexibility index (Phi) is 7.21. The smallest absolute Gasteiger partial charge is 0.309 e. The van der Waals surface area contributed by atoms with Crippen LogP contribution in [0.4, 0.5) is 0 Å². The highest BCUT2D eigenvalue weighted by atomic mass is 16.5. The molecule has 2 N–H and O–H groups in total. The highest BCUT2D eigenvalue weighted by Gasteiger charge is 2.25. The normalized spacial score (nSPS) is 13.7. The van der Waals surface area contributed by atoms with Crippen LogP contribution >= 0.6 is 0 Å². The summed E-state index contributed by atoms with van der Waals surface area (Å²) in [6.07, 6.45) is 2.83. The fourth-order valence-corrected chi connectivity index (χ4v) is 2.33.